The molecule has 0 radical (unpaired) electrons. The molecule has 0 unspecified atom stereocenters. The molecule has 3 aromatic rings. The highest BCUT2D eigenvalue weighted by atomic mass is 19.3. The quantitative estimate of drug-likeness (QED) is 0.266. The summed E-state index contributed by atoms with van der Waals surface area (Å²) < 4.78 is 42.8. The maximum atomic E-state index is 14.5. The third kappa shape index (κ3) is 6.79. The van der Waals surface area contributed by atoms with Gasteiger partial charge in [-0.1, -0.05) is 26.5 Å². The zero-order chi connectivity index (χ0) is 25.4. The number of anilines is 1. The predicted molar refractivity (Wildman–Crippen MR) is 134 cm³/mol. The van der Waals surface area contributed by atoms with Gasteiger partial charge in [-0.25, -0.2) is 23.1 Å². The largest absolute Gasteiger partial charge is 0.348 e. The van der Waals surface area contributed by atoms with Gasteiger partial charge in [0.25, 0.3) is 6.43 Å². The Morgan fingerprint density at radius 1 is 1.17 bits per heavy atom. The highest BCUT2D eigenvalue weighted by Crippen LogP contribution is 2.23. The molecule has 0 aliphatic heterocycles. The van der Waals surface area contributed by atoms with E-state index >= 15 is 0 Å². The summed E-state index contributed by atoms with van der Waals surface area (Å²) in [4.78, 5) is 14.8. The zero-order valence-corrected chi connectivity index (χ0v) is 20.3. The van der Waals surface area contributed by atoms with Gasteiger partial charge < -0.3 is 9.88 Å². The third-order valence-corrected chi connectivity index (χ3v) is 5.42. The topological polar surface area (TPSA) is 58.3 Å². The van der Waals surface area contributed by atoms with Crippen molar-refractivity contribution >= 4 is 17.2 Å². The van der Waals surface area contributed by atoms with Gasteiger partial charge in [0.1, 0.15) is 5.69 Å². The predicted octanol–water partition coefficient (Wildman–Crippen LogP) is 6.04. The van der Waals surface area contributed by atoms with E-state index in [4.69, 9.17) is 0 Å². The molecule has 0 saturated carbocycles. The van der Waals surface area contributed by atoms with E-state index < -0.39 is 12.2 Å². The van der Waals surface area contributed by atoms with E-state index in [1.54, 1.807) is 6.07 Å². The number of halogens is 3. The Morgan fingerprint density at radius 2 is 1.91 bits per heavy atom. The molecule has 0 fully saturated rings. The van der Waals surface area contributed by atoms with Gasteiger partial charge in [0.2, 0.25) is 0 Å². The van der Waals surface area contributed by atoms with Crippen molar-refractivity contribution in [3.05, 3.63) is 84.0 Å². The van der Waals surface area contributed by atoms with Crippen molar-refractivity contribution in [3.63, 3.8) is 0 Å². The molecule has 0 aliphatic rings. The normalized spacial score (nSPS) is 11.9. The van der Waals surface area contributed by atoms with Crippen molar-refractivity contribution in [1.82, 2.24) is 19.4 Å². The fourth-order valence-electron chi connectivity index (χ4n) is 3.84. The number of hydrogen-bond donors (Lipinski definition) is 1. The van der Waals surface area contributed by atoms with E-state index in [1.807, 2.05) is 23.9 Å². The van der Waals surface area contributed by atoms with Gasteiger partial charge in [-0.15, -0.1) is 0 Å². The Balaban J connectivity index is 2.06. The summed E-state index contributed by atoms with van der Waals surface area (Å²) in [6.07, 6.45) is 3.83. The summed E-state index contributed by atoms with van der Waals surface area (Å²) >= 11 is 0. The van der Waals surface area contributed by atoms with Gasteiger partial charge in [-0.05, 0) is 55.8 Å². The van der Waals surface area contributed by atoms with E-state index in [9.17, 15) is 13.2 Å². The average Bonchev–Trinajstić information content (AvgIpc) is 3.20. The van der Waals surface area contributed by atoms with Crippen molar-refractivity contribution in [3.8, 4) is 0 Å². The minimum absolute atomic E-state index is 0.176. The monoisotopic (exact) mass is 484 g/mol. The van der Waals surface area contributed by atoms with Crippen LogP contribution in [0.1, 0.15) is 55.8 Å². The lowest BCUT2D eigenvalue weighted by Gasteiger charge is -2.22. The number of aromatic nitrogens is 3. The van der Waals surface area contributed by atoms with Crippen LogP contribution in [0.4, 0.5) is 18.9 Å². The Hall–Kier alpha value is -3.46. The summed E-state index contributed by atoms with van der Waals surface area (Å²) in [7, 11) is 1.88. The minimum atomic E-state index is -2.71. The summed E-state index contributed by atoms with van der Waals surface area (Å²) in [6.45, 7) is 10.8. The van der Waals surface area contributed by atoms with E-state index in [-0.39, 0.29) is 22.8 Å². The maximum Gasteiger partial charge on any atom is 0.280 e. The first-order chi connectivity index (χ1) is 16.8. The average molecular weight is 485 g/mol. The van der Waals surface area contributed by atoms with Crippen LogP contribution in [-0.2, 0) is 13.6 Å². The first kappa shape index (κ1) is 26.2. The molecule has 186 valence electrons. The number of aliphatic imine (C=N–C) groups is 1. The standard InChI is InChI=1S/C26H31F3N6/c1-5-13-35(14-6-2)17-19-11-15-34(4)24(19)26(33-22-10-12-30-16-20(22)27)31-18(3)21-8-7-9-23(32-21)25(28)29/h7-12,15-16,25H,3,5-6,13-14,17H2,1-2,4H3,(H,30,31,33). The number of nitrogens with one attached hydrogen (secondary N) is 1. The highest BCUT2D eigenvalue weighted by molar-refractivity contribution is 6.10. The number of pyridine rings is 2. The summed E-state index contributed by atoms with van der Waals surface area (Å²) in [5, 5.41) is 3.07. The van der Waals surface area contributed by atoms with Crippen LogP contribution in [-0.4, -0.2) is 38.4 Å². The SMILES string of the molecule is C=C(/N=C(/Nc1ccncc1F)c1c(CN(CCC)CCC)ccn1C)c1cccc(C(F)F)n1. The van der Waals surface area contributed by atoms with Crippen LogP contribution in [0.25, 0.3) is 5.70 Å². The lowest BCUT2D eigenvalue weighted by molar-refractivity contribution is 0.146. The second-order valence-electron chi connectivity index (χ2n) is 8.21. The van der Waals surface area contributed by atoms with E-state index in [0.717, 1.165) is 43.4 Å². The number of aryl methyl sites for hydroxylation is 1. The smallest absolute Gasteiger partial charge is 0.280 e. The van der Waals surface area contributed by atoms with Crippen LogP contribution < -0.4 is 5.32 Å². The molecular weight excluding hydrogens is 453 g/mol. The molecule has 0 bridgehead atoms. The van der Waals surface area contributed by atoms with Crippen LogP contribution in [0.3, 0.4) is 0 Å². The number of rotatable bonds is 11. The second-order valence-corrected chi connectivity index (χ2v) is 8.21. The van der Waals surface area contributed by atoms with Crippen LogP contribution in [0.2, 0.25) is 0 Å². The molecule has 0 amide bonds. The Kier molecular flexibility index (Phi) is 9.19. The van der Waals surface area contributed by atoms with Crippen LogP contribution in [0, 0.1) is 5.82 Å². The van der Waals surface area contributed by atoms with Gasteiger partial charge >= 0.3 is 0 Å². The highest BCUT2D eigenvalue weighted by Gasteiger charge is 2.19. The molecule has 9 heteroatoms. The second kappa shape index (κ2) is 12.3. The van der Waals surface area contributed by atoms with Gasteiger partial charge in [-0.3, -0.25) is 9.88 Å². The third-order valence-electron chi connectivity index (χ3n) is 5.42. The minimum Gasteiger partial charge on any atom is -0.348 e. The molecule has 0 spiro atoms. The summed E-state index contributed by atoms with van der Waals surface area (Å²) in [5.74, 6) is -0.210. The maximum absolute atomic E-state index is 14.5. The summed E-state index contributed by atoms with van der Waals surface area (Å²) in [6, 6.07) is 7.82. The Morgan fingerprint density at radius 3 is 2.57 bits per heavy atom. The molecule has 6 nitrogen and oxygen atoms in total. The molecule has 3 rings (SSSR count). The number of nitrogens with zero attached hydrogens (tertiary/aromatic N) is 5. The van der Waals surface area contributed by atoms with E-state index in [2.05, 4.69) is 45.6 Å². The van der Waals surface area contributed by atoms with E-state index in [1.165, 1.54) is 24.4 Å². The van der Waals surface area contributed by atoms with Gasteiger partial charge in [-0.2, -0.15) is 0 Å². The fourth-order valence-corrected chi connectivity index (χ4v) is 3.84. The molecule has 0 atom stereocenters. The van der Waals surface area contributed by atoms with Crippen molar-refractivity contribution in [1.29, 1.82) is 0 Å². The van der Waals surface area contributed by atoms with E-state index in [0.29, 0.717) is 12.4 Å². The molecule has 0 saturated heterocycles. The summed E-state index contributed by atoms with van der Waals surface area (Å²) in [5.41, 5.74) is 1.96. The first-order valence-electron chi connectivity index (χ1n) is 11.6. The number of amidine groups is 1. The number of hydrogen-bond acceptors (Lipinski definition) is 4. The molecule has 3 aromatic heterocycles. The Labute approximate surface area is 204 Å². The van der Waals surface area contributed by atoms with Crippen molar-refractivity contribution < 1.29 is 13.2 Å². The fraction of sp³-hybridized carbons (Fsp3) is 0.346. The van der Waals surface area contributed by atoms with Crippen LogP contribution >= 0.6 is 0 Å². The molecule has 3 heterocycles. The Bertz CT molecular complexity index is 1170. The zero-order valence-electron chi connectivity index (χ0n) is 20.3. The molecule has 0 aromatic carbocycles. The van der Waals surface area contributed by atoms with Crippen molar-refractivity contribution in [2.24, 2.45) is 12.0 Å². The molecule has 0 aliphatic carbocycles. The van der Waals surface area contributed by atoms with Crippen LogP contribution in [0.15, 0.2) is 60.5 Å². The van der Waals surface area contributed by atoms with Gasteiger partial charge in [0, 0.05) is 26.0 Å². The van der Waals surface area contributed by atoms with Gasteiger partial charge in [0.15, 0.2) is 11.7 Å². The van der Waals surface area contributed by atoms with Crippen molar-refractivity contribution in [2.45, 2.75) is 39.7 Å². The van der Waals surface area contributed by atoms with Gasteiger partial charge in [0.05, 0.1) is 29.0 Å². The lowest BCUT2D eigenvalue weighted by Crippen LogP contribution is -2.27. The van der Waals surface area contributed by atoms with Crippen LogP contribution in [0.5, 0.6) is 0 Å². The molecular formula is C26H31F3N6. The molecule has 35 heavy (non-hydrogen) atoms. The lowest BCUT2D eigenvalue weighted by atomic mass is 10.1. The number of alkyl halides is 2. The van der Waals surface area contributed by atoms with Crippen molar-refractivity contribution in [2.75, 3.05) is 18.4 Å². The first-order valence-corrected chi connectivity index (χ1v) is 11.6. The molecule has 1 N–H and O–H groups in total.